The third-order valence-electron chi connectivity index (χ3n) is 3.17. The summed E-state index contributed by atoms with van der Waals surface area (Å²) in [5.41, 5.74) is 3.81. The molecule has 1 N–H and O–H groups in total. The van der Waals surface area contributed by atoms with E-state index in [2.05, 4.69) is 31.1 Å². The Morgan fingerprint density at radius 2 is 2.06 bits per heavy atom. The van der Waals surface area contributed by atoms with Crippen molar-refractivity contribution in [2.45, 2.75) is 40.0 Å². The van der Waals surface area contributed by atoms with Crippen LogP contribution in [0.5, 0.6) is 5.75 Å². The molecular formula is C15H20N2O. The largest absolute Gasteiger partial charge is 0.504 e. The van der Waals surface area contributed by atoms with E-state index in [1.807, 2.05) is 23.7 Å². The molecule has 0 aliphatic carbocycles. The van der Waals surface area contributed by atoms with E-state index in [1.165, 1.54) is 5.56 Å². The molecule has 18 heavy (non-hydrogen) atoms. The first kappa shape index (κ1) is 12.7. The van der Waals surface area contributed by atoms with Gasteiger partial charge in [-0.25, -0.2) is 4.68 Å². The summed E-state index contributed by atoms with van der Waals surface area (Å²) in [6, 6.07) is 8.15. The van der Waals surface area contributed by atoms with Crippen molar-refractivity contribution in [3.8, 4) is 11.4 Å². The Hall–Kier alpha value is -1.77. The summed E-state index contributed by atoms with van der Waals surface area (Å²) in [7, 11) is 0. The van der Waals surface area contributed by atoms with Crippen LogP contribution in [0.2, 0.25) is 0 Å². The SMILES string of the molecule is CCCCc1nn(-c2cccc(C)c2)c(C)c1O. The van der Waals surface area contributed by atoms with Crippen LogP contribution >= 0.6 is 0 Å². The molecule has 3 heteroatoms. The molecule has 0 saturated heterocycles. The topological polar surface area (TPSA) is 38.0 Å². The molecule has 0 radical (unpaired) electrons. The highest BCUT2D eigenvalue weighted by Crippen LogP contribution is 2.25. The van der Waals surface area contributed by atoms with Gasteiger partial charge in [-0.2, -0.15) is 5.10 Å². The summed E-state index contributed by atoms with van der Waals surface area (Å²) < 4.78 is 1.83. The molecule has 1 aromatic carbocycles. The summed E-state index contributed by atoms with van der Waals surface area (Å²) >= 11 is 0. The van der Waals surface area contributed by atoms with E-state index in [1.54, 1.807) is 0 Å². The second-order valence-corrected chi connectivity index (χ2v) is 4.74. The quantitative estimate of drug-likeness (QED) is 0.893. The maximum Gasteiger partial charge on any atom is 0.160 e. The Bertz CT molecular complexity index is 543. The zero-order chi connectivity index (χ0) is 13.1. The lowest BCUT2D eigenvalue weighted by atomic mass is 10.2. The van der Waals surface area contributed by atoms with E-state index in [9.17, 15) is 5.11 Å². The van der Waals surface area contributed by atoms with Crippen LogP contribution in [0.15, 0.2) is 24.3 Å². The predicted molar refractivity (Wildman–Crippen MR) is 73.3 cm³/mol. The lowest BCUT2D eigenvalue weighted by Gasteiger charge is -2.04. The maximum absolute atomic E-state index is 10.1. The van der Waals surface area contributed by atoms with Crippen molar-refractivity contribution in [3.05, 3.63) is 41.2 Å². The van der Waals surface area contributed by atoms with E-state index < -0.39 is 0 Å². The second-order valence-electron chi connectivity index (χ2n) is 4.74. The van der Waals surface area contributed by atoms with Crippen LogP contribution < -0.4 is 0 Å². The van der Waals surface area contributed by atoms with Crippen LogP contribution in [0.25, 0.3) is 5.69 Å². The first-order valence-corrected chi connectivity index (χ1v) is 6.48. The van der Waals surface area contributed by atoms with Gasteiger partial charge in [-0.1, -0.05) is 25.5 Å². The highest BCUT2D eigenvalue weighted by molar-refractivity contribution is 5.41. The Morgan fingerprint density at radius 1 is 1.28 bits per heavy atom. The van der Waals surface area contributed by atoms with Crippen molar-refractivity contribution in [1.82, 2.24) is 9.78 Å². The van der Waals surface area contributed by atoms with E-state index >= 15 is 0 Å². The first-order valence-electron chi connectivity index (χ1n) is 6.48. The Kier molecular flexibility index (Phi) is 3.70. The number of benzene rings is 1. The Labute approximate surface area is 108 Å². The van der Waals surface area contributed by atoms with Crippen molar-refractivity contribution < 1.29 is 5.11 Å². The number of aryl methyl sites for hydroxylation is 2. The average Bonchev–Trinajstić information content (AvgIpc) is 2.64. The molecular weight excluding hydrogens is 224 g/mol. The standard InChI is InChI=1S/C15H20N2O/c1-4-5-9-14-15(18)12(3)17(16-14)13-8-6-7-11(2)10-13/h6-8,10,18H,4-5,9H2,1-3H3. The molecule has 1 heterocycles. The van der Waals surface area contributed by atoms with Crippen molar-refractivity contribution >= 4 is 0 Å². The van der Waals surface area contributed by atoms with Gasteiger partial charge in [-0.05, 0) is 44.4 Å². The highest BCUT2D eigenvalue weighted by atomic mass is 16.3. The molecule has 0 amide bonds. The minimum Gasteiger partial charge on any atom is -0.504 e. The number of rotatable bonds is 4. The van der Waals surface area contributed by atoms with Crippen molar-refractivity contribution in [3.63, 3.8) is 0 Å². The fourth-order valence-electron chi connectivity index (χ4n) is 2.08. The number of hydrogen-bond acceptors (Lipinski definition) is 2. The van der Waals surface area contributed by atoms with Gasteiger partial charge in [-0.3, -0.25) is 0 Å². The Balaban J connectivity index is 2.39. The van der Waals surface area contributed by atoms with Gasteiger partial charge in [-0.15, -0.1) is 0 Å². The molecule has 96 valence electrons. The van der Waals surface area contributed by atoms with Gasteiger partial charge < -0.3 is 5.11 Å². The number of aromatic hydroxyl groups is 1. The third-order valence-corrected chi connectivity index (χ3v) is 3.17. The number of hydrogen-bond donors (Lipinski definition) is 1. The number of unbranched alkanes of at least 4 members (excludes halogenated alkanes) is 1. The van der Waals surface area contributed by atoms with Gasteiger partial charge in [0.1, 0.15) is 5.69 Å². The zero-order valence-corrected chi connectivity index (χ0v) is 11.3. The highest BCUT2D eigenvalue weighted by Gasteiger charge is 2.14. The average molecular weight is 244 g/mol. The second kappa shape index (κ2) is 5.25. The van der Waals surface area contributed by atoms with Crippen LogP contribution in [-0.2, 0) is 6.42 Å². The predicted octanol–water partition coefficient (Wildman–Crippen LogP) is 3.54. The smallest absolute Gasteiger partial charge is 0.160 e. The molecule has 0 aliphatic rings. The molecule has 2 rings (SSSR count). The van der Waals surface area contributed by atoms with Crippen LogP contribution in [-0.4, -0.2) is 14.9 Å². The molecule has 3 nitrogen and oxygen atoms in total. The number of nitrogens with zero attached hydrogens (tertiary/aromatic N) is 2. The summed E-state index contributed by atoms with van der Waals surface area (Å²) in [4.78, 5) is 0. The zero-order valence-electron chi connectivity index (χ0n) is 11.3. The van der Waals surface area contributed by atoms with Gasteiger partial charge in [0.15, 0.2) is 5.75 Å². The van der Waals surface area contributed by atoms with E-state index in [0.29, 0.717) is 5.75 Å². The Morgan fingerprint density at radius 3 is 2.72 bits per heavy atom. The lowest BCUT2D eigenvalue weighted by Crippen LogP contribution is -1.99. The van der Waals surface area contributed by atoms with Gasteiger partial charge >= 0.3 is 0 Å². The molecule has 1 aromatic heterocycles. The van der Waals surface area contributed by atoms with Gasteiger partial charge in [0.05, 0.1) is 11.4 Å². The summed E-state index contributed by atoms with van der Waals surface area (Å²) in [6.07, 6.45) is 3.00. The monoisotopic (exact) mass is 244 g/mol. The van der Waals surface area contributed by atoms with E-state index in [-0.39, 0.29) is 0 Å². The van der Waals surface area contributed by atoms with Crippen LogP contribution in [0.4, 0.5) is 0 Å². The number of aromatic nitrogens is 2. The molecule has 0 aliphatic heterocycles. The molecule has 0 bridgehead atoms. The minimum atomic E-state index is 0.338. The normalized spacial score (nSPS) is 10.8. The van der Waals surface area contributed by atoms with E-state index in [4.69, 9.17) is 0 Å². The fraction of sp³-hybridized carbons (Fsp3) is 0.400. The molecule has 0 unspecified atom stereocenters. The van der Waals surface area contributed by atoms with Gasteiger partial charge in [0.25, 0.3) is 0 Å². The molecule has 0 spiro atoms. The van der Waals surface area contributed by atoms with Crippen molar-refractivity contribution in [2.75, 3.05) is 0 Å². The molecule has 0 atom stereocenters. The summed E-state index contributed by atoms with van der Waals surface area (Å²) in [6.45, 7) is 6.10. The minimum absolute atomic E-state index is 0.338. The van der Waals surface area contributed by atoms with Gasteiger partial charge in [0.2, 0.25) is 0 Å². The van der Waals surface area contributed by atoms with E-state index in [0.717, 1.165) is 36.3 Å². The van der Waals surface area contributed by atoms with Crippen LogP contribution in [0, 0.1) is 13.8 Å². The van der Waals surface area contributed by atoms with Crippen LogP contribution in [0.3, 0.4) is 0 Å². The van der Waals surface area contributed by atoms with Gasteiger partial charge in [0, 0.05) is 0 Å². The summed E-state index contributed by atoms with van der Waals surface area (Å²) in [5, 5.41) is 14.6. The molecule has 0 fully saturated rings. The lowest BCUT2D eigenvalue weighted by molar-refractivity contribution is 0.462. The maximum atomic E-state index is 10.1. The third kappa shape index (κ3) is 2.40. The molecule has 2 aromatic rings. The first-order chi connectivity index (χ1) is 8.63. The van der Waals surface area contributed by atoms with Crippen molar-refractivity contribution in [2.24, 2.45) is 0 Å². The summed E-state index contributed by atoms with van der Waals surface area (Å²) in [5.74, 6) is 0.338. The van der Waals surface area contributed by atoms with Crippen LogP contribution in [0.1, 0.15) is 36.7 Å². The van der Waals surface area contributed by atoms with Crippen molar-refractivity contribution in [1.29, 1.82) is 0 Å². The molecule has 0 saturated carbocycles. The fourth-order valence-corrected chi connectivity index (χ4v) is 2.08.